The van der Waals surface area contributed by atoms with Crippen molar-refractivity contribution in [2.24, 2.45) is 5.41 Å². The van der Waals surface area contributed by atoms with Gasteiger partial charge >= 0.3 is 0 Å². The summed E-state index contributed by atoms with van der Waals surface area (Å²) in [6, 6.07) is 4.98. The molecule has 1 spiro atoms. The zero-order valence-electron chi connectivity index (χ0n) is 22.0. The molecule has 9 nitrogen and oxygen atoms in total. The number of nitrogens with one attached hydrogen (secondary N) is 2. The number of amides is 2. The fourth-order valence-corrected chi connectivity index (χ4v) is 6.23. The molecule has 3 saturated carbocycles. The molecule has 3 aliphatic carbocycles. The Balaban J connectivity index is 1.27. The lowest BCUT2D eigenvalue weighted by atomic mass is 10.0. The number of methoxy groups -OCH3 is 1. The van der Waals surface area contributed by atoms with E-state index in [-0.39, 0.29) is 17.2 Å². The molecule has 1 aromatic heterocycles. The Morgan fingerprint density at radius 3 is 2.63 bits per heavy atom. The Morgan fingerprint density at radius 2 is 1.95 bits per heavy atom. The Bertz CT molecular complexity index is 1250. The molecule has 2 N–H and O–H groups in total. The van der Waals surface area contributed by atoms with Crippen LogP contribution in [0.2, 0.25) is 0 Å². The van der Waals surface area contributed by atoms with Gasteiger partial charge in [0.2, 0.25) is 11.9 Å². The van der Waals surface area contributed by atoms with Gasteiger partial charge in [-0.3, -0.25) is 9.59 Å². The second kappa shape index (κ2) is 9.71. The smallest absolute Gasteiger partial charge is 0.251 e. The van der Waals surface area contributed by atoms with Gasteiger partial charge in [0.05, 0.1) is 30.5 Å². The van der Waals surface area contributed by atoms with Crippen LogP contribution in [0.3, 0.4) is 0 Å². The number of hydrogen-bond donors (Lipinski definition) is 2. The molecule has 10 heteroatoms. The number of carbonyl (C=O) groups excluding carboxylic acids is 2. The van der Waals surface area contributed by atoms with E-state index < -0.39 is 12.2 Å². The molecule has 202 valence electrons. The average Bonchev–Trinajstić information content (AvgIpc) is 3.32. The molecule has 0 saturated heterocycles. The molecule has 1 aliphatic heterocycles. The van der Waals surface area contributed by atoms with Gasteiger partial charge in [0.1, 0.15) is 17.6 Å². The molecule has 38 heavy (non-hydrogen) atoms. The van der Waals surface area contributed by atoms with Gasteiger partial charge in [-0.1, -0.05) is 12.8 Å². The Kier molecular flexibility index (Phi) is 6.36. The van der Waals surface area contributed by atoms with Crippen LogP contribution < -0.4 is 25.2 Å². The highest BCUT2D eigenvalue weighted by Crippen LogP contribution is 2.52. The van der Waals surface area contributed by atoms with Crippen LogP contribution in [0.1, 0.15) is 68.1 Å². The molecule has 4 aliphatic rings. The van der Waals surface area contributed by atoms with Crippen LogP contribution in [0.25, 0.3) is 0 Å². The molecule has 2 heterocycles. The number of rotatable bonds is 6. The lowest BCUT2D eigenvalue weighted by Crippen LogP contribution is -2.41. The van der Waals surface area contributed by atoms with Gasteiger partial charge in [-0.25, -0.2) is 9.37 Å². The summed E-state index contributed by atoms with van der Waals surface area (Å²) in [7, 11) is 3.35. The first kappa shape index (κ1) is 24.9. The topological polar surface area (TPSA) is 99.7 Å². The predicted octanol–water partition coefficient (Wildman–Crippen LogP) is 4.35. The van der Waals surface area contributed by atoms with E-state index in [1.54, 1.807) is 29.3 Å². The van der Waals surface area contributed by atoms with Gasteiger partial charge < -0.3 is 25.2 Å². The molecule has 2 amide bonds. The summed E-state index contributed by atoms with van der Waals surface area (Å²) in [5.74, 6) is 1.45. The Hall–Kier alpha value is -3.43. The third kappa shape index (κ3) is 4.43. The molecule has 3 fully saturated rings. The van der Waals surface area contributed by atoms with Crippen molar-refractivity contribution in [3.8, 4) is 5.75 Å². The number of aromatic nitrogens is 2. The van der Waals surface area contributed by atoms with Crippen LogP contribution in [0.4, 0.5) is 27.5 Å². The minimum absolute atomic E-state index is 0.149. The van der Waals surface area contributed by atoms with Crippen LogP contribution in [0.15, 0.2) is 24.4 Å². The first-order valence-electron chi connectivity index (χ1n) is 13.7. The van der Waals surface area contributed by atoms with Crippen LogP contribution in [-0.4, -0.2) is 60.7 Å². The van der Waals surface area contributed by atoms with Gasteiger partial charge in [0.15, 0.2) is 5.82 Å². The van der Waals surface area contributed by atoms with Crippen LogP contribution in [-0.2, 0) is 4.79 Å². The lowest BCUT2D eigenvalue weighted by Gasteiger charge is -2.31. The molecular formula is C28H35FN6O3. The van der Waals surface area contributed by atoms with Crippen molar-refractivity contribution < 1.29 is 18.7 Å². The number of halogens is 1. The second-order valence-electron chi connectivity index (χ2n) is 11.2. The molecule has 2 aromatic rings. The number of nitrogens with zero attached hydrogens (tertiary/aromatic N) is 4. The number of alkyl halides is 1. The van der Waals surface area contributed by atoms with Crippen LogP contribution in [0.5, 0.6) is 5.75 Å². The van der Waals surface area contributed by atoms with Crippen molar-refractivity contribution >= 4 is 35.0 Å². The number of benzene rings is 1. The van der Waals surface area contributed by atoms with E-state index in [0.29, 0.717) is 48.4 Å². The van der Waals surface area contributed by atoms with E-state index in [0.717, 1.165) is 43.6 Å². The minimum atomic E-state index is -1.000. The first-order chi connectivity index (χ1) is 18.4. The molecule has 1 aromatic carbocycles. The Labute approximate surface area is 222 Å². The second-order valence-corrected chi connectivity index (χ2v) is 11.2. The number of fused-ring (bicyclic) bond motifs is 1. The van der Waals surface area contributed by atoms with E-state index in [9.17, 15) is 14.0 Å². The SMILES string of the molecule is COc1cc(C(=O)NC2CCCC2F)ccc1Nc1ncc2c(n1)N(C1CCCC1)CC1(CC1)C(=O)N2C. The Morgan fingerprint density at radius 1 is 1.16 bits per heavy atom. The van der Waals surface area contributed by atoms with Gasteiger partial charge in [-0.2, -0.15) is 4.98 Å². The zero-order chi connectivity index (χ0) is 26.4. The van der Waals surface area contributed by atoms with Crippen LogP contribution in [0, 0.1) is 5.41 Å². The fourth-order valence-electron chi connectivity index (χ4n) is 6.23. The maximum atomic E-state index is 14.0. The lowest BCUT2D eigenvalue weighted by molar-refractivity contribution is -0.122. The summed E-state index contributed by atoms with van der Waals surface area (Å²) in [5, 5.41) is 6.05. The number of hydrogen-bond acceptors (Lipinski definition) is 7. The summed E-state index contributed by atoms with van der Waals surface area (Å²) in [6.45, 7) is 0.693. The molecule has 2 unspecified atom stereocenters. The monoisotopic (exact) mass is 522 g/mol. The predicted molar refractivity (Wildman–Crippen MR) is 143 cm³/mol. The number of carbonyl (C=O) groups is 2. The van der Waals surface area contributed by atoms with Gasteiger partial charge in [-0.05, 0) is 63.1 Å². The van der Waals surface area contributed by atoms with E-state index in [1.165, 1.54) is 20.0 Å². The summed E-state index contributed by atoms with van der Waals surface area (Å²) < 4.78 is 19.6. The van der Waals surface area contributed by atoms with Crippen molar-refractivity contribution in [3.63, 3.8) is 0 Å². The van der Waals surface area contributed by atoms with Crippen molar-refractivity contribution in [2.75, 3.05) is 35.8 Å². The zero-order valence-corrected chi connectivity index (χ0v) is 22.0. The minimum Gasteiger partial charge on any atom is -0.495 e. The van der Waals surface area contributed by atoms with Gasteiger partial charge in [0.25, 0.3) is 5.91 Å². The maximum Gasteiger partial charge on any atom is 0.251 e. The summed E-state index contributed by atoms with van der Waals surface area (Å²) in [5.41, 5.74) is 1.42. The quantitative estimate of drug-likeness (QED) is 0.582. The van der Waals surface area contributed by atoms with Gasteiger partial charge in [0, 0.05) is 25.2 Å². The molecule has 2 atom stereocenters. The normalized spacial score (nSPS) is 24.3. The highest BCUT2D eigenvalue weighted by atomic mass is 19.1. The average molecular weight is 523 g/mol. The summed E-state index contributed by atoms with van der Waals surface area (Å²) in [4.78, 5) is 39.5. The molecule has 6 rings (SSSR count). The van der Waals surface area contributed by atoms with Gasteiger partial charge in [-0.15, -0.1) is 0 Å². The fraction of sp³-hybridized carbons (Fsp3) is 0.571. The van der Waals surface area contributed by atoms with Crippen molar-refractivity contribution in [1.29, 1.82) is 0 Å². The molecule has 0 radical (unpaired) electrons. The van der Waals surface area contributed by atoms with E-state index in [2.05, 4.69) is 20.5 Å². The highest BCUT2D eigenvalue weighted by Gasteiger charge is 2.55. The van der Waals surface area contributed by atoms with Crippen molar-refractivity contribution in [1.82, 2.24) is 15.3 Å². The third-order valence-corrected chi connectivity index (χ3v) is 8.69. The first-order valence-corrected chi connectivity index (χ1v) is 13.7. The molecule has 0 bridgehead atoms. The maximum absolute atomic E-state index is 14.0. The largest absolute Gasteiger partial charge is 0.495 e. The third-order valence-electron chi connectivity index (χ3n) is 8.69. The standard InChI is InChI=1S/C28H35FN6O3/c1-34-22-15-30-27(33-24(22)35(18-6-3-4-7-18)16-28(12-13-28)26(34)37)32-21-11-10-17(14-23(21)38-2)25(36)31-20-9-5-8-19(20)29/h10-11,14-15,18-20H,3-9,12-13,16H2,1-2H3,(H,31,36)(H,30,32,33). The summed E-state index contributed by atoms with van der Waals surface area (Å²) >= 11 is 0. The number of ether oxygens (including phenoxy) is 1. The number of anilines is 4. The summed E-state index contributed by atoms with van der Waals surface area (Å²) in [6.07, 6.45) is 9.03. The van der Waals surface area contributed by atoms with Crippen molar-refractivity contribution in [3.05, 3.63) is 30.0 Å². The van der Waals surface area contributed by atoms with E-state index in [1.807, 2.05) is 7.05 Å². The van der Waals surface area contributed by atoms with E-state index >= 15 is 0 Å². The van der Waals surface area contributed by atoms with Crippen LogP contribution >= 0.6 is 0 Å². The van der Waals surface area contributed by atoms with E-state index in [4.69, 9.17) is 9.72 Å². The highest BCUT2D eigenvalue weighted by molar-refractivity contribution is 6.03. The van der Waals surface area contributed by atoms with Crippen molar-refractivity contribution in [2.45, 2.75) is 76.0 Å². The molecular weight excluding hydrogens is 487 g/mol.